The minimum Gasteiger partial charge on any atom is -0.490 e. The van der Waals surface area contributed by atoms with Crippen molar-refractivity contribution in [2.75, 3.05) is 6.54 Å². The molecule has 1 heterocycles. The van der Waals surface area contributed by atoms with E-state index in [1.165, 1.54) is 6.07 Å². The van der Waals surface area contributed by atoms with Crippen LogP contribution in [0.4, 0.5) is 4.39 Å². The quantitative estimate of drug-likeness (QED) is 0.879. The van der Waals surface area contributed by atoms with Crippen molar-refractivity contribution in [3.05, 3.63) is 29.6 Å². The maximum absolute atomic E-state index is 13.3. The molecule has 0 aromatic heterocycles. The van der Waals surface area contributed by atoms with Crippen LogP contribution in [0.2, 0.25) is 0 Å². The van der Waals surface area contributed by atoms with Crippen molar-refractivity contribution in [1.29, 1.82) is 0 Å². The molecule has 0 fully saturated rings. The summed E-state index contributed by atoms with van der Waals surface area (Å²) in [6, 6.07) is 5.32. The van der Waals surface area contributed by atoms with Crippen LogP contribution in [0, 0.1) is 17.2 Å². The minimum atomic E-state index is -0.174. The van der Waals surface area contributed by atoms with E-state index in [2.05, 4.69) is 39.9 Å². The van der Waals surface area contributed by atoms with Gasteiger partial charge in [0.1, 0.15) is 17.7 Å². The molecule has 2 rings (SSSR count). The van der Waals surface area contributed by atoms with Crippen LogP contribution >= 0.6 is 0 Å². The van der Waals surface area contributed by atoms with E-state index in [-0.39, 0.29) is 17.3 Å². The molecule has 0 spiro atoms. The second-order valence-corrected chi connectivity index (χ2v) is 7.56. The molecule has 21 heavy (non-hydrogen) atoms. The van der Waals surface area contributed by atoms with Gasteiger partial charge in [-0.05, 0) is 42.5 Å². The molecule has 1 aliphatic rings. The number of benzene rings is 1. The molecule has 2 unspecified atom stereocenters. The Kier molecular flexibility index (Phi) is 4.92. The van der Waals surface area contributed by atoms with Crippen LogP contribution in [0.1, 0.15) is 46.6 Å². The van der Waals surface area contributed by atoms with Gasteiger partial charge in [-0.1, -0.05) is 34.6 Å². The van der Waals surface area contributed by atoms with E-state index in [1.807, 2.05) is 0 Å². The van der Waals surface area contributed by atoms with E-state index < -0.39 is 0 Å². The lowest BCUT2D eigenvalue weighted by Crippen LogP contribution is -2.37. The molecule has 0 amide bonds. The summed E-state index contributed by atoms with van der Waals surface area (Å²) in [4.78, 5) is 0. The van der Waals surface area contributed by atoms with E-state index in [1.54, 1.807) is 12.1 Å². The van der Waals surface area contributed by atoms with Gasteiger partial charge in [0, 0.05) is 18.0 Å². The predicted molar refractivity (Wildman–Crippen MR) is 85.2 cm³/mol. The SMILES string of the molecule is CC(C)NCC(CC1Cc2cc(F)ccc2O1)C(C)(C)C. The largest absolute Gasteiger partial charge is 0.490 e. The third-order valence-corrected chi connectivity index (χ3v) is 4.31. The van der Waals surface area contributed by atoms with Crippen LogP contribution in [0.3, 0.4) is 0 Å². The molecule has 2 nitrogen and oxygen atoms in total. The Morgan fingerprint density at radius 2 is 2.05 bits per heavy atom. The van der Waals surface area contributed by atoms with Gasteiger partial charge in [-0.2, -0.15) is 0 Å². The van der Waals surface area contributed by atoms with Crippen molar-refractivity contribution in [3.8, 4) is 5.75 Å². The number of fused-ring (bicyclic) bond motifs is 1. The summed E-state index contributed by atoms with van der Waals surface area (Å²) in [6.45, 7) is 12.2. The summed E-state index contributed by atoms with van der Waals surface area (Å²) < 4.78 is 19.3. The summed E-state index contributed by atoms with van der Waals surface area (Å²) in [6.07, 6.45) is 1.99. The van der Waals surface area contributed by atoms with E-state index in [0.29, 0.717) is 12.0 Å². The van der Waals surface area contributed by atoms with Gasteiger partial charge in [-0.3, -0.25) is 0 Å². The minimum absolute atomic E-state index is 0.167. The fourth-order valence-corrected chi connectivity index (χ4v) is 2.86. The van der Waals surface area contributed by atoms with Gasteiger partial charge in [-0.25, -0.2) is 4.39 Å². The highest BCUT2D eigenvalue weighted by Crippen LogP contribution is 2.36. The molecule has 1 aromatic carbocycles. The highest BCUT2D eigenvalue weighted by Gasteiger charge is 2.31. The Balaban J connectivity index is 1.99. The molecule has 0 radical (unpaired) electrons. The highest BCUT2D eigenvalue weighted by molar-refractivity contribution is 5.37. The summed E-state index contributed by atoms with van der Waals surface area (Å²) >= 11 is 0. The standard InChI is InChI=1S/C18H28FNO/c1-12(2)20-11-14(18(3,4)5)10-16-9-13-8-15(19)6-7-17(13)21-16/h6-8,12,14,16,20H,9-11H2,1-5H3. The summed E-state index contributed by atoms with van der Waals surface area (Å²) in [7, 11) is 0. The smallest absolute Gasteiger partial charge is 0.123 e. The molecule has 0 saturated heterocycles. The first-order valence-electron chi connectivity index (χ1n) is 7.94. The van der Waals surface area contributed by atoms with Crippen LogP contribution < -0.4 is 10.1 Å². The van der Waals surface area contributed by atoms with Gasteiger partial charge in [0.2, 0.25) is 0 Å². The number of hydrogen-bond acceptors (Lipinski definition) is 2. The number of rotatable bonds is 5. The van der Waals surface area contributed by atoms with Gasteiger partial charge in [-0.15, -0.1) is 0 Å². The van der Waals surface area contributed by atoms with E-state index >= 15 is 0 Å². The first kappa shape index (κ1) is 16.3. The first-order valence-corrected chi connectivity index (χ1v) is 7.94. The lowest BCUT2D eigenvalue weighted by atomic mass is 9.77. The average Bonchev–Trinajstić information content (AvgIpc) is 2.74. The van der Waals surface area contributed by atoms with Crippen LogP contribution in [0.5, 0.6) is 5.75 Å². The van der Waals surface area contributed by atoms with Crippen molar-refractivity contribution >= 4 is 0 Å². The van der Waals surface area contributed by atoms with Crippen LogP contribution in [0.15, 0.2) is 18.2 Å². The lowest BCUT2D eigenvalue weighted by Gasteiger charge is -2.33. The zero-order valence-corrected chi connectivity index (χ0v) is 13.9. The van der Waals surface area contributed by atoms with Crippen LogP contribution in [-0.2, 0) is 6.42 Å². The van der Waals surface area contributed by atoms with E-state index in [9.17, 15) is 4.39 Å². The Morgan fingerprint density at radius 1 is 1.33 bits per heavy atom. The maximum atomic E-state index is 13.3. The predicted octanol–water partition coefficient (Wildman–Crippen LogP) is 4.18. The monoisotopic (exact) mass is 293 g/mol. The van der Waals surface area contributed by atoms with E-state index in [4.69, 9.17) is 4.74 Å². The first-order chi connectivity index (χ1) is 9.75. The van der Waals surface area contributed by atoms with Crippen molar-refractivity contribution in [2.45, 2.75) is 59.6 Å². The molecule has 0 bridgehead atoms. The van der Waals surface area contributed by atoms with Crippen molar-refractivity contribution in [1.82, 2.24) is 5.32 Å². The third kappa shape index (κ3) is 4.44. The summed E-state index contributed by atoms with van der Waals surface area (Å²) in [5.41, 5.74) is 1.23. The Morgan fingerprint density at radius 3 is 2.67 bits per heavy atom. The zero-order chi connectivity index (χ0) is 15.6. The molecule has 0 saturated carbocycles. The van der Waals surface area contributed by atoms with E-state index in [0.717, 1.165) is 30.7 Å². The highest BCUT2D eigenvalue weighted by atomic mass is 19.1. The van der Waals surface area contributed by atoms with Crippen molar-refractivity contribution in [3.63, 3.8) is 0 Å². The fraction of sp³-hybridized carbons (Fsp3) is 0.667. The van der Waals surface area contributed by atoms with Gasteiger partial charge >= 0.3 is 0 Å². The van der Waals surface area contributed by atoms with Gasteiger partial charge < -0.3 is 10.1 Å². The van der Waals surface area contributed by atoms with Crippen LogP contribution in [0.25, 0.3) is 0 Å². The van der Waals surface area contributed by atoms with Crippen LogP contribution in [-0.4, -0.2) is 18.7 Å². The van der Waals surface area contributed by atoms with Gasteiger partial charge in [0.15, 0.2) is 0 Å². The second kappa shape index (κ2) is 6.35. The normalized spacial score (nSPS) is 19.5. The lowest BCUT2D eigenvalue weighted by molar-refractivity contribution is 0.132. The Labute approximate surface area is 128 Å². The molecule has 2 atom stereocenters. The van der Waals surface area contributed by atoms with Gasteiger partial charge in [0.05, 0.1) is 0 Å². The molecular weight excluding hydrogens is 265 g/mol. The molecule has 1 aromatic rings. The third-order valence-electron chi connectivity index (χ3n) is 4.31. The summed E-state index contributed by atoms with van der Waals surface area (Å²) in [5.74, 6) is 1.21. The van der Waals surface area contributed by atoms with Crippen molar-refractivity contribution < 1.29 is 9.13 Å². The van der Waals surface area contributed by atoms with Crippen molar-refractivity contribution in [2.24, 2.45) is 11.3 Å². The Hall–Kier alpha value is -1.09. The number of nitrogens with one attached hydrogen (secondary N) is 1. The number of ether oxygens (including phenoxy) is 1. The zero-order valence-electron chi connectivity index (χ0n) is 13.9. The molecule has 1 N–H and O–H groups in total. The fourth-order valence-electron chi connectivity index (χ4n) is 2.86. The summed E-state index contributed by atoms with van der Waals surface area (Å²) in [5, 5.41) is 3.54. The molecule has 0 aliphatic carbocycles. The topological polar surface area (TPSA) is 21.3 Å². The maximum Gasteiger partial charge on any atom is 0.123 e. The molecule has 118 valence electrons. The second-order valence-electron chi connectivity index (χ2n) is 7.56. The molecular formula is C18H28FNO. The number of hydrogen-bond donors (Lipinski definition) is 1. The molecule has 1 aliphatic heterocycles. The molecule has 3 heteroatoms. The Bertz CT molecular complexity index is 479. The average molecular weight is 293 g/mol. The number of halogens is 1. The van der Waals surface area contributed by atoms with Gasteiger partial charge in [0.25, 0.3) is 0 Å².